The minimum absolute atomic E-state index is 0.0619. The van der Waals surface area contributed by atoms with Crippen LogP contribution in [0.15, 0.2) is 96.7 Å². The second-order valence-corrected chi connectivity index (χ2v) is 9.05. The lowest BCUT2D eigenvalue weighted by Gasteiger charge is -2.13. The first-order chi connectivity index (χ1) is 17.0. The molecule has 0 aliphatic heterocycles. The van der Waals surface area contributed by atoms with E-state index in [9.17, 15) is 9.59 Å². The molecule has 0 heterocycles. The summed E-state index contributed by atoms with van der Waals surface area (Å²) in [5, 5.41) is 6.49. The van der Waals surface area contributed by atoms with Crippen LogP contribution in [0.25, 0.3) is 17.2 Å². The number of hydrogen-bond donors (Lipinski definition) is 2. The van der Waals surface area contributed by atoms with E-state index in [1.165, 1.54) is 22.8 Å². The third-order valence-corrected chi connectivity index (χ3v) is 6.41. The number of halogens is 2. The van der Waals surface area contributed by atoms with Gasteiger partial charge < -0.3 is 10.6 Å². The van der Waals surface area contributed by atoms with E-state index in [1.54, 1.807) is 42.5 Å². The van der Waals surface area contributed by atoms with E-state index in [2.05, 4.69) is 22.8 Å². The molecule has 0 aromatic heterocycles. The number of carbonyl (C=O) groups is 2. The zero-order valence-electron chi connectivity index (χ0n) is 18.5. The van der Waals surface area contributed by atoms with Crippen LogP contribution in [0.5, 0.6) is 0 Å². The summed E-state index contributed by atoms with van der Waals surface area (Å²) in [6.45, 7) is 0. The molecule has 5 rings (SSSR count). The summed E-state index contributed by atoms with van der Waals surface area (Å²) >= 11 is 12.3. The van der Waals surface area contributed by atoms with Gasteiger partial charge in [0, 0.05) is 21.3 Å². The molecular formula is C29H20Cl2N2O2. The summed E-state index contributed by atoms with van der Waals surface area (Å²) < 4.78 is 0. The van der Waals surface area contributed by atoms with Gasteiger partial charge in [0.05, 0.1) is 0 Å². The Kier molecular flexibility index (Phi) is 6.41. The van der Waals surface area contributed by atoms with Crippen molar-refractivity contribution in [3.63, 3.8) is 0 Å². The first kappa shape index (κ1) is 22.9. The summed E-state index contributed by atoms with van der Waals surface area (Å²) in [6, 6.07) is 27.8. The Morgan fingerprint density at radius 1 is 0.771 bits per heavy atom. The van der Waals surface area contributed by atoms with E-state index in [0.29, 0.717) is 26.9 Å². The predicted molar refractivity (Wildman–Crippen MR) is 142 cm³/mol. The van der Waals surface area contributed by atoms with Crippen molar-refractivity contribution in [3.05, 3.63) is 129 Å². The monoisotopic (exact) mass is 498 g/mol. The van der Waals surface area contributed by atoms with Crippen molar-refractivity contribution in [1.29, 1.82) is 0 Å². The van der Waals surface area contributed by atoms with E-state index >= 15 is 0 Å². The minimum Gasteiger partial charge on any atom is -0.321 e. The lowest BCUT2D eigenvalue weighted by Crippen LogP contribution is -2.30. The molecule has 0 saturated heterocycles. The SMILES string of the molecule is O=C(Nc1ccc2c(c1)Cc1ccccc1-2)/C(=C/c1ccc(Cl)cc1Cl)NC(=O)c1ccccc1. The number of fused-ring (bicyclic) bond motifs is 3. The fourth-order valence-corrected chi connectivity index (χ4v) is 4.60. The highest BCUT2D eigenvalue weighted by Gasteiger charge is 2.20. The van der Waals surface area contributed by atoms with Crippen molar-refractivity contribution in [2.45, 2.75) is 6.42 Å². The average molecular weight is 499 g/mol. The quantitative estimate of drug-likeness (QED) is 0.257. The molecule has 0 radical (unpaired) electrons. The Labute approximate surface area is 213 Å². The molecule has 4 aromatic carbocycles. The average Bonchev–Trinajstić information content (AvgIpc) is 3.23. The van der Waals surface area contributed by atoms with Crippen LogP contribution in [-0.2, 0) is 11.2 Å². The third kappa shape index (κ3) is 4.99. The Morgan fingerprint density at radius 3 is 2.31 bits per heavy atom. The number of amides is 2. The fraction of sp³-hybridized carbons (Fsp3) is 0.0345. The van der Waals surface area contributed by atoms with Crippen molar-refractivity contribution in [3.8, 4) is 11.1 Å². The first-order valence-corrected chi connectivity index (χ1v) is 11.8. The maximum atomic E-state index is 13.3. The van der Waals surface area contributed by atoms with Crippen LogP contribution < -0.4 is 10.6 Å². The summed E-state index contributed by atoms with van der Waals surface area (Å²) in [5.74, 6) is -0.864. The van der Waals surface area contributed by atoms with E-state index in [-0.39, 0.29) is 5.70 Å². The van der Waals surface area contributed by atoms with Gasteiger partial charge in [-0.05, 0) is 76.7 Å². The normalized spacial score (nSPS) is 12.0. The smallest absolute Gasteiger partial charge is 0.272 e. The van der Waals surface area contributed by atoms with Gasteiger partial charge >= 0.3 is 0 Å². The van der Waals surface area contributed by atoms with Gasteiger partial charge in [0.1, 0.15) is 5.70 Å². The van der Waals surface area contributed by atoms with Gasteiger partial charge in [-0.15, -0.1) is 0 Å². The van der Waals surface area contributed by atoms with E-state index in [1.807, 2.05) is 36.4 Å². The summed E-state index contributed by atoms with van der Waals surface area (Å²) in [6.07, 6.45) is 2.35. The molecule has 4 aromatic rings. The Morgan fingerprint density at radius 2 is 1.51 bits per heavy atom. The Balaban J connectivity index is 1.43. The lowest BCUT2D eigenvalue weighted by atomic mass is 10.1. The van der Waals surface area contributed by atoms with Gasteiger partial charge in [-0.25, -0.2) is 0 Å². The minimum atomic E-state index is -0.462. The van der Waals surface area contributed by atoms with Crippen LogP contribution in [0, 0.1) is 0 Å². The van der Waals surface area contributed by atoms with E-state index in [4.69, 9.17) is 23.2 Å². The van der Waals surface area contributed by atoms with Crippen LogP contribution >= 0.6 is 23.2 Å². The summed E-state index contributed by atoms with van der Waals surface area (Å²) in [5.41, 5.74) is 6.48. The highest BCUT2D eigenvalue weighted by atomic mass is 35.5. The summed E-state index contributed by atoms with van der Waals surface area (Å²) in [7, 11) is 0. The molecule has 1 aliphatic rings. The highest BCUT2D eigenvalue weighted by molar-refractivity contribution is 6.35. The molecule has 2 N–H and O–H groups in total. The number of nitrogens with one attached hydrogen (secondary N) is 2. The van der Waals surface area contributed by atoms with Gasteiger partial charge in [-0.1, -0.05) is 77.8 Å². The lowest BCUT2D eigenvalue weighted by molar-refractivity contribution is -0.113. The Hall–Kier alpha value is -3.86. The number of hydrogen-bond acceptors (Lipinski definition) is 2. The van der Waals surface area contributed by atoms with Crippen LogP contribution in [0.3, 0.4) is 0 Å². The predicted octanol–water partition coefficient (Wildman–Crippen LogP) is 6.97. The Bertz CT molecular complexity index is 1480. The standard InChI is InChI=1S/C29H20Cl2N2O2/c30-22-11-10-20(26(31)17-22)16-27(33-28(34)18-6-2-1-3-7-18)29(35)32-23-12-13-25-21(15-23)14-19-8-4-5-9-24(19)25/h1-13,15-17H,14H2,(H,32,35)(H,33,34)/b27-16-. The fourth-order valence-electron chi connectivity index (χ4n) is 4.14. The number of carbonyl (C=O) groups excluding carboxylic acids is 2. The van der Waals surface area contributed by atoms with Gasteiger partial charge in [0.2, 0.25) is 0 Å². The molecule has 0 atom stereocenters. The molecular weight excluding hydrogens is 479 g/mol. The second kappa shape index (κ2) is 9.79. The number of benzene rings is 4. The van der Waals surface area contributed by atoms with E-state index < -0.39 is 11.8 Å². The molecule has 2 amide bonds. The maximum Gasteiger partial charge on any atom is 0.272 e. The van der Waals surface area contributed by atoms with Gasteiger partial charge in [0.15, 0.2) is 0 Å². The first-order valence-electron chi connectivity index (χ1n) is 11.0. The van der Waals surface area contributed by atoms with Crippen LogP contribution in [-0.4, -0.2) is 11.8 Å². The van der Waals surface area contributed by atoms with Crippen LogP contribution in [0.4, 0.5) is 5.69 Å². The van der Waals surface area contributed by atoms with E-state index in [0.717, 1.165) is 12.0 Å². The van der Waals surface area contributed by atoms with Gasteiger partial charge in [-0.3, -0.25) is 9.59 Å². The molecule has 0 unspecified atom stereocenters. The number of anilines is 1. The van der Waals surface area contributed by atoms with Gasteiger partial charge in [0.25, 0.3) is 11.8 Å². The highest BCUT2D eigenvalue weighted by Crippen LogP contribution is 2.37. The van der Waals surface area contributed by atoms with Crippen molar-refractivity contribution >= 4 is 46.8 Å². The molecule has 0 bridgehead atoms. The molecule has 0 fully saturated rings. The molecule has 172 valence electrons. The van der Waals surface area contributed by atoms with Crippen molar-refractivity contribution < 1.29 is 9.59 Å². The molecule has 35 heavy (non-hydrogen) atoms. The van der Waals surface area contributed by atoms with Crippen molar-refractivity contribution in [2.24, 2.45) is 0 Å². The summed E-state index contributed by atoms with van der Waals surface area (Å²) in [4.78, 5) is 26.2. The third-order valence-electron chi connectivity index (χ3n) is 5.84. The maximum absolute atomic E-state index is 13.3. The zero-order chi connectivity index (χ0) is 24.4. The topological polar surface area (TPSA) is 58.2 Å². The molecule has 1 aliphatic carbocycles. The van der Waals surface area contributed by atoms with Crippen LogP contribution in [0.2, 0.25) is 10.0 Å². The van der Waals surface area contributed by atoms with Crippen LogP contribution in [0.1, 0.15) is 27.0 Å². The zero-order valence-corrected chi connectivity index (χ0v) is 20.0. The molecule has 0 spiro atoms. The number of rotatable bonds is 5. The van der Waals surface area contributed by atoms with Crippen molar-refractivity contribution in [2.75, 3.05) is 5.32 Å². The largest absolute Gasteiger partial charge is 0.321 e. The van der Waals surface area contributed by atoms with Crippen molar-refractivity contribution in [1.82, 2.24) is 5.32 Å². The van der Waals surface area contributed by atoms with Gasteiger partial charge in [-0.2, -0.15) is 0 Å². The molecule has 0 saturated carbocycles. The molecule has 6 heteroatoms. The second-order valence-electron chi connectivity index (χ2n) is 8.20. The molecule has 4 nitrogen and oxygen atoms in total.